The second-order valence-electron chi connectivity index (χ2n) is 5.55. The monoisotopic (exact) mass is 226 g/mol. The van der Waals surface area contributed by atoms with E-state index in [2.05, 4.69) is 6.92 Å². The summed E-state index contributed by atoms with van der Waals surface area (Å²) in [6.07, 6.45) is 10.3. The van der Waals surface area contributed by atoms with Gasteiger partial charge in [-0.3, -0.25) is 0 Å². The van der Waals surface area contributed by atoms with E-state index in [-0.39, 0.29) is 0 Å². The van der Waals surface area contributed by atoms with E-state index in [1.807, 2.05) is 0 Å². The van der Waals surface area contributed by atoms with Crippen molar-refractivity contribution in [2.75, 3.05) is 19.8 Å². The fourth-order valence-electron chi connectivity index (χ4n) is 2.83. The molecule has 0 spiro atoms. The second-order valence-corrected chi connectivity index (χ2v) is 5.55. The average molecular weight is 226 g/mol. The first-order chi connectivity index (χ1) is 7.86. The molecule has 2 rings (SSSR count). The summed E-state index contributed by atoms with van der Waals surface area (Å²) in [5, 5.41) is 0. The first kappa shape index (κ1) is 12.4. The van der Waals surface area contributed by atoms with Crippen molar-refractivity contribution in [2.24, 2.45) is 11.8 Å². The van der Waals surface area contributed by atoms with Gasteiger partial charge in [-0.15, -0.1) is 0 Å². The molecule has 0 bridgehead atoms. The minimum atomic E-state index is 0.427. The predicted molar refractivity (Wildman–Crippen MR) is 65.5 cm³/mol. The Kier molecular flexibility index (Phi) is 5.11. The Hall–Kier alpha value is -0.0800. The van der Waals surface area contributed by atoms with Crippen LogP contribution >= 0.6 is 0 Å². The van der Waals surface area contributed by atoms with Gasteiger partial charge in [-0.25, -0.2) is 0 Å². The Labute approximate surface area is 99.7 Å². The highest BCUT2D eigenvalue weighted by molar-refractivity contribution is 4.71. The van der Waals surface area contributed by atoms with Crippen LogP contribution in [-0.4, -0.2) is 25.9 Å². The van der Waals surface area contributed by atoms with Gasteiger partial charge in [-0.2, -0.15) is 0 Å². The molecule has 2 aliphatic rings. The zero-order valence-corrected chi connectivity index (χ0v) is 10.6. The van der Waals surface area contributed by atoms with Crippen molar-refractivity contribution in [3.63, 3.8) is 0 Å². The smallest absolute Gasteiger partial charge is 0.104 e. The van der Waals surface area contributed by atoms with Crippen molar-refractivity contribution in [1.82, 2.24) is 0 Å². The summed E-state index contributed by atoms with van der Waals surface area (Å²) < 4.78 is 10.7. The van der Waals surface area contributed by atoms with Gasteiger partial charge < -0.3 is 9.47 Å². The summed E-state index contributed by atoms with van der Waals surface area (Å²) in [7, 11) is 0. The molecule has 1 aliphatic heterocycles. The van der Waals surface area contributed by atoms with E-state index in [9.17, 15) is 0 Å². The van der Waals surface area contributed by atoms with Crippen LogP contribution in [0.25, 0.3) is 0 Å². The molecule has 94 valence electrons. The van der Waals surface area contributed by atoms with Crippen LogP contribution in [-0.2, 0) is 9.47 Å². The Morgan fingerprint density at radius 3 is 2.69 bits per heavy atom. The van der Waals surface area contributed by atoms with Gasteiger partial charge in [0, 0.05) is 6.61 Å². The maximum absolute atomic E-state index is 5.57. The number of rotatable bonds is 7. The van der Waals surface area contributed by atoms with Crippen LogP contribution in [0.15, 0.2) is 0 Å². The summed E-state index contributed by atoms with van der Waals surface area (Å²) in [5.74, 6) is 1.90. The first-order valence-corrected chi connectivity index (χ1v) is 7.05. The van der Waals surface area contributed by atoms with Crippen LogP contribution < -0.4 is 0 Å². The highest BCUT2D eigenvalue weighted by atomic mass is 16.6. The SMILES string of the molecule is CC(CCCOCC1CO1)C1CCCCC1. The van der Waals surface area contributed by atoms with E-state index >= 15 is 0 Å². The van der Waals surface area contributed by atoms with E-state index in [0.29, 0.717) is 6.10 Å². The van der Waals surface area contributed by atoms with Crippen molar-refractivity contribution in [1.29, 1.82) is 0 Å². The molecular weight excluding hydrogens is 200 g/mol. The van der Waals surface area contributed by atoms with Crippen LogP contribution in [0.3, 0.4) is 0 Å². The maximum Gasteiger partial charge on any atom is 0.104 e. The fourth-order valence-corrected chi connectivity index (χ4v) is 2.83. The Morgan fingerprint density at radius 2 is 2.00 bits per heavy atom. The van der Waals surface area contributed by atoms with Gasteiger partial charge in [0.05, 0.1) is 13.2 Å². The van der Waals surface area contributed by atoms with Crippen LogP contribution in [0, 0.1) is 11.8 Å². The predicted octanol–water partition coefficient (Wildman–Crippen LogP) is 3.40. The van der Waals surface area contributed by atoms with Gasteiger partial charge in [-0.1, -0.05) is 39.0 Å². The molecule has 2 unspecified atom stereocenters. The molecule has 0 aromatic rings. The minimum absolute atomic E-state index is 0.427. The molecule has 2 heteroatoms. The topological polar surface area (TPSA) is 21.8 Å². The van der Waals surface area contributed by atoms with E-state index in [0.717, 1.165) is 31.7 Å². The molecule has 2 nitrogen and oxygen atoms in total. The summed E-state index contributed by atoms with van der Waals surface area (Å²) in [6, 6.07) is 0. The molecular formula is C14H26O2. The van der Waals surface area contributed by atoms with Crippen molar-refractivity contribution < 1.29 is 9.47 Å². The van der Waals surface area contributed by atoms with Crippen LogP contribution in [0.4, 0.5) is 0 Å². The van der Waals surface area contributed by atoms with Crippen LogP contribution in [0.1, 0.15) is 51.9 Å². The number of epoxide rings is 1. The summed E-state index contributed by atoms with van der Waals surface area (Å²) in [5.41, 5.74) is 0. The van der Waals surface area contributed by atoms with Crippen molar-refractivity contribution in [3.8, 4) is 0 Å². The highest BCUT2D eigenvalue weighted by Crippen LogP contribution is 2.31. The number of hydrogen-bond acceptors (Lipinski definition) is 2. The van der Waals surface area contributed by atoms with Gasteiger partial charge >= 0.3 is 0 Å². The van der Waals surface area contributed by atoms with Crippen molar-refractivity contribution >= 4 is 0 Å². The summed E-state index contributed by atoms with van der Waals surface area (Å²) in [6.45, 7) is 5.09. The van der Waals surface area contributed by atoms with E-state index < -0.39 is 0 Å². The maximum atomic E-state index is 5.57. The molecule has 1 aliphatic carbocycles. The lowest BCUT2D eigenvalue weighted by atomic mass is 9.79. The molecule has 0 radical (unpaired) electrons. The Balaban J connectivity index is 1.47. The normalized spacial score (nSPS) is 27.9. The molecule has 1 heterocycles. The molecule has 1 saturated heterocycles. The Morgan fingerprint density at radius 1 is 1.25 bits per heavy atom. The lowest BCUT2D eigenvalue weighted by Crippen LogP contribution is -2.16. The Bertz CT molecular complexity index is 183. The van der Waals surface area contributed by atoms with E-state index in [4.69, 9.17) is 9.47 Å². The molecule has 0 aromatic heterocycles. The van der Waals surface area contributed by atoms with Crippen LogP contribution in [0.2, 0.25) is 0 Å². The van der Waals surface area contributed by atoms with Gasteiger partial charge in [-0.05, 0) is 24.7 Å². The second kappa shape index (κ2) is 6.61. The third-order valence-corrected chi connectivity index (χ3v) is 4.11. The molecule has 0 amide bonds. The fraction of sp³-hybridized carbons (Fsp3) is 1.00. The largest absolute Gasteiger partial charge is 0.379 e. The minimum Gasteiger partial charge on any atom is -0.379 e. The van der Waals surface area contributed by atoms with Crippen LogP contribution in [0.5, 0.6) is 0 Å². The van der Waals surface area contributed by atoms with E-state index in [1.54, 1.807) is 0 Å². The number of hydrogen-bond donors (Lipinski definition) is 0. The van der Waals surface area contributed by atoms with Gasteiger partial charge in [0.15, 0.2) is 0 Å². The molecule has 2 atom stereocenters. The standard InChI is InChI=1S/C14H26O2/c1-12(13-7-3-2-4-8-13)6-5-9-15-10-14-11-16-14/h12-14H,2-11H2,1H3. The molecule has 16 heavy (non-hydrogen) atoms. The molecule has 1 saturated carbocycles. The molecule has 0 aromatic carbocycles. The first-order valence-electron chi connectivity index (χ1n) is 7.05. The van der Waals surface area contributed by atoms with Gasteiger partial charge in [0.1, 0.15) is 6.10 Å². The third kappa shape index (κ3) is 4.42. The summed E-state index contributed by atoms with van der Waals surface area (Å²) >= 11 is 0. The van der Waals surface area contributed by atoms with Gasteiger partial charge in [0.2, 0.25) is 0 Å². The summed E-state index contributed by atoms with van der Waals surface area (Å²) in [4.78, 5) is 0. The zero-order chi connectivity index (χ0) is 11.2. The van der Waals surface area contributed by atoms with Crippen molar-refractivity contribution in [2.45, 2.75) is 58.0 Å². The zero-order valence-electron chi connectivity index (χ0n) is 10.6. The van der Waals surface area contributed by atoms with Gasteiger partial charge in [0.25, 0.3) is 0 Å². The quantitative estimate of drug-likeness (QED) is 0.490. The van der Waals surface area contributed by atoms with Crippen molar-refractivity contribution in [3.05, 3.63) is 0 Å². The lowest BCUT2D eigenvalue weighted by molar-refractivity contribution is 0.107. The molecule has 2 fully saturated rings. The number of ether oxygens (including phenoxy) is 2. The highest BCUT2D eigenvalue weighted by Gasteiger charge is 2.22. The lowest BCUT2D eigenvalue weighted by Gasteiger charge is -2.27. The molecule has 0 N–H and O–H groups in total. The third-order valence-electron chi connectivity index (χ3n) is 4.11. The average Bonchev–Trinajstić information content (AvgIpc) is 3.13. The van der Waals surface area contributed by atoms with E-state index in [1.165, 1.54) is 44.9 Å².